The Labute approximate surface area is 137 Å². The molecule has 5 heteroatoms. The van der Waals surface area contributed by atoms with Gasteiger partial charge in [-0.2, -0.15) is 0 Å². The number of urea groups is 1. The van der Waals surface area contributed by atoms with Crippen LogP contribution in [0.1, 0.15) is 50.5 Å². The monoisotopic (exact) mass is 315 g/mol. The molecule has 1 aliphatic heterocycles. The SMILES string of the molecule is CCCC1(CNC(=O)NCC2CC(=O)Nc3ccccc32)CC1. The standard InChI is InChI=1S/C18H25N3O2/c1-2-7-18(8-9-18)12-20-17(23)19-11-13-10-16(22)21-15-6-4-3-5-14(13)15/h3-6,13H,2,7-12H2,1H3,(H,21,22)(H2,19,20,23). The van der Waals surface area contributed by atoms with Crippen molar-refractivity contribution in [1.29, 1.82) is 0 Å². The molecule has 3 rings (SSSR count). The number of nitrogens with one attached hydrogen (secondary N) is 3. The number of para-hydroxylation sites is 1. The summed E-state index contributed by atoms with van der Waals surface area (Å²) in [4.78, 5) is 23.8. The zero-order chi connectivity index (χ0) is 16.3. The smallest absolute Gasteiger partial charge is 0.314 e. The van der Waals surface area contributed by atoms with E-state index < -0.39 is 0 Å². The van der Waals surface area contributed by atoms with E-state index in [0.717, 1.165) is 24.2 Å². The lowest BCUT2D eigenvalue weighted by Gasteiger charge is -2.26. The molecule has 1 aromatic carbocycles. The Morgan fingerprint density at radius 2 is 2.09 bits per heavy atom. The number of carbonyl (C=O) groups excluding carboxylic acids is 2. The van der Waals surface area contributed by atoms with Crippen LogP contribution in [0.15, 0.2) is 24.3 Å². The molecule has 1 saturated carbocycles. The van der Waals surface area contributed by atoms with E-state index in [1.807, 2.05) is 24.3 Å². The Kier molecular flexibility index (Phi) is 4.55. The van der Waals surface area contributed by atoms with E-state index in [-0.39, 0.29) is 17.9 Å². The molecule has 1 unspecified atom stereocenters. The van der Waals surface area contributed by atoms with Crippen LogP contribution in [-0.2, 0) is 4.79 Å². The van der Waals surface area contributed by atoms with Gasteiger partial charge in [0.25, 0.3) is 0 Å². The minimum absolute atomic E-state index is 0.00999. The average molecular weight is 315 g/mol. The summed E-state index contributed by atoms with van der Waals surface area (Å²) in [5, 5.41) is 8.80. The van der Waals surface area contributed by atoms with Crippen LogP contribution < -0.4 is 16.0 Å². The molecular weight excluding hydrogens is 290 g/mol. The lowest BCUT2D eigenvalue weighted by Crippen LogP contribution is -2.41. The Morgan fingerprint density at radius 1 is 1.30 bits per heavy atom. The zero-order valence-electron chi connectivity index (χ0n) is 13.7. The number of carbonyl (C=O) groups is 2. The molecule has 124 valence electrons. The fourth-order valence-electron chi connectivity index (χ4n) is 3.45. The van der Waals surface area contributed by atoms with Gasteiger partial charge in [-0.05, 0) is 36.3 Å². The Balaban J connectivity index is 1.50. The van der Waals surface area contributed by atoms with Gasteiger partial charge in [0.15, 0.2) is 0 Å². The van der Waals surface area contributed by atoms with Gasteiger partial charge in [0.2, 0.25) is 5.91 Å². The number of amides is 3. The molecule has 1 fully saturated rings. The van der Waals surface area contributed by atoms with E-state index in [1.165, 1.54) is 19.3 Å². The molecule has 3 amide bonds. The summed E-state index contributed by atoms with van der Waals surface area (Å²) >= 11 is 0. The molecule has 0 spiro atoms. The van der Waals surface area contributed by atoms with Gasteiger partial charge >= 0.3 is 6.03 Å². The van der Waals surface area contributed by atoms with E-state index in [0.29, 0.717) is 18.4 Å². The molecule has 23 heavy (non-hydrogen) atoms. The number of benzene rings is 1. The second-order valence-corrected chi connectivity index (χ2v) is 6.85. The van der Waals surface area contributed by atoms with Crippen LogP contribution in [-0.4, -0.2) is 25.0 Å². The molecular formula is C18H25N3O2. The van der Waals surface area contributed by atoms with Gasteiger partial charge in [0, 0.05) is 31.1 Å². The van der Waals surface area contributed by atoms with Crippen molar-refractivity contribution in [3.8, 4) is 0 Å². The molecule has 0 radical (unpaired) electrons. The first-order valence-corrected chi connectivity index (χ1v) is 8.52. The third-order valence-corrected chi connectivity index (χ3v) is 4.98. The van der Waals surface area contributed by atoms with Gasteiger partial charge < -0.3 is 16.0 Å². The van der Waals surface area contributed by atoms with Gasteiger partial charge in [0.05, 0.1) is 0 Å². The summed E-state index contributed by atoms with van der Waals surface area (Å²) in [6.07, 6.45) is 5.20. The summed E-state index contributed by atoms with van der Waals surface area (Å²) in [5.74, 6) is 0.0482. The first kappa shape index (κ1) is 15.8. The molecule has 5 nitrogen and oxygen atoms in total. The highest BCUT2D eigenvalue weighted by molar-refractivity contribution is 5.94. The molecule has 0 saturated heterocycles. The van der Waals surface area contributed by atoms with Crippen LogP contribution in [0.25, 0.3) is 0 Å². The van der Waals surface area contributed by atoms with Crippen molar-refractivity contribution in [1.82, 2.24) is 10.6 Å². The van der Waals surface area contributed by atoms with Crippen molar-refractivity contribution in [2.24, 2.45) is 5.41 Å². The van der Waals surface area contributed by atoms with Gasteiger partial charge in [-0.15, -0.1) is 0 Å². The molecule has 1 aromatic rings. The summed E-state index contributed by atoms with van der Waals surface area (Å²) in [5.41, 5.74) is 2.30. The number of fused-ring (bicyclic) bond motifs is 1. The fourth-order valence-corrected chi connectivity index (χ4v) is 3.45. The Hall–Kier alpha value is -2.04. The second-order valence-electron chi connectivity index (χ2n) is 6.85. The normalized spacial score (nSPS) is 21.1. The first-order chi connectivity index (χ1) is 11.1. The molecule has 1 heterocycles. The van der Waals surface area contributed by atoms with Crippen molar-refractivity contribution >= 4 is 17.6 Å². The van der Waals surface area contributed by atoms with Crippen molar-refractivity contribution in [2.45, 2.75) is 44.9 Å². The fraction of sp³-hybridized carbons (Fsp3) is 0.556. The lowest BCUT2D eigenvalue weighted by molar-refractivity contribution is -0.116. The van der Waals surface area contributed by atoms with E-state index in [1.54, 1.807) is 0 Å². The Morgan fingerprint density at radius 3 is 2.83 bits per heavy atom. The minimum Gasteiger partial charge on any atom is -0.338 e. The second kappa shape index (κ2) is 6.60. The predicted molar refractivity (Wildman–Crippen MR) is 90.4 cm³/mol. The van der Waals surface area contributed by atoms with Crippen LogP contribution in [0.2, 0.25) is 0 Å². The van der Waals surface area contributed by atoms with Crippen molar-refractivity contribution in [3.05, 3.63) is 29.8 Å². The van der Waals surface area contributed by atoms with Gasteiger partial charge in [0.1, 0.15) is 0 Å². The molecule has 0 bridgehead atoms. The largest absolute Gasteiger partial charge is 0.338 e. The van der Waals surface area contributed by atoms with Crippen LogP contribution in [0, 0.1) is 5.41 Å². The number of rotatable bonds is 6. The third-order valence-electron chi connectivity index (χ3n) is 4.98. The van der Waals surface area contributed by atoms with E-state index in [9.17, 15) is 9.59 Å². The van der Waals surface area contributed by atoms with Crippen LogP contribution in [0.4, 0.5) is 10.5 Å². The van der Waals surface area contributed by atoms with Crippen molar-refractivity contribution in [3.63, 3.8) is 0 Å². The van der Waals surface area contributed by atoms with Crippen LogP contribution in [0.3, 0.4) is 0 Å². The Bertz CT molecular complexity index is 596. The van der Waals surface area contributed by atoms with Crippen LogP contribution >= 0.6 is 0 Å². The number of hydrogen-bond donors (Lipinski definition) is 3. The first-order valence-electron chi connectivity index (χ1n) is 8.52. The van der Waals surface area contributed by atoms with Gasteiger partial charge in [-0.3, -0.25) is 4.79 Å². The highest BCUT2D eigenvalue weighted by Crippen LogP contribution is 2.48. The van der Waals surface area contributed by atoms with E-state index in [2.05, 4.69) is 22.9 Å². The van der Waals surface area contributed by atoms with Gasteiger partial charge in [-0.1, -0.05) is 31.5 Å². The summed E-state index contributed by atoms with van der Waals surface area (Å²) < 4.78 is 0. The maximum Gasteiger partial charge on any atom is 0.314 e. The predicted octanol–water partition coefficient (Wildman–Crippen LogP) is 2.99. The van der Waals surface area contributed by atoms with Crippen molar-refractivity contribution in [2.75, 3.05) is 18.4 Å². The molecule has 2 aliphatic rings. The van der Waals surface area contributed by atoms with E-state index in [4.69, 9.17) is 0 Å². The zero-order valence-corrected chi connectivity index (χ0v) is 13.7. The molecule has 1 aliphatic carbocycles. The third kappa shape index (κ3) is 3.84. The molecule has 0 aromatic heterocycles. The molecule has 1 atom stereocenters. The maximum absolute atomic E-state index is 12.0. The topological polar surface area (TPSA) is 70.2 Å². The molecule has 3 N–H and O–H groups in total. The van der Waals surface area contributed by atoms with E-state index >= 15 is 0 Å². The number of hydrogen-bond acceptors (Lipinski definition) is 2. The maximum atomic E-state index is 12.0. The highest BCUT2D eigenvalue weighted by Gasteiger charge is 2.41. The summed E-state index contributed by atoms with van der Waals surface area (Å²) in [7, 11) is 0. The minimum atomic E-state index is -0.129. The summed E-state index contributed by atoms with van der Waals surface area (Å²) in [6.45, 7) is 3.43. The van der Waals surface area contributed by atoms with Gasteiger partial charge in [-0.25, -0.2) is 4.79 Å². The quantitative estimate of drug-likeness (QED) is 0.755. The van der Waals surface area contributed by atoms with Crippen molar-refractivity contribution < 1.29 is 9.59 Å². The average Bonchev–Trinajstić information content (AvgIpc) is 3.31. The number of anilines is 1. The van der Waals surface area contributed by atoms with Crippen LogP contribution in [0.5, 0.6) is 0 Å². The lowest BCUT2D eigenvalue weighted by atomic mass is 9.90. The summed E-state index contributed by atoms with van der Waals surface area (Å²) in [6, 6.07) is 7.66. The highest BCUT2D eigenvalue weighted by atomic mass is 16.2.